The van der Waals surface area contributed by atoms with Gasteiger partial charge in [0.05, 0.1) is 0 Å². The Morgan fingerprint density at radius 3 is 2.65 bits per heavy atom. The third kappa shape index (κ3) is 3.81. The molecule has 0 unspecified atom stereocenters. The van der Waals surface area contributed by atoms with E-state index in [2.05, 4.69) is 15.4 Å². The number of nitrogens with one attached hydrogen (secondary N) is 1. The van der Waals surface area contributed by atoms with Crippen molar-refractivity contribution in [3.05, 3.63) is 47.5 Å². The van der Waals surface area contributed by atoms with Crippen LogP contribution in [0.15, 0.2) is 36.9 Å². The van der Waals surface area contributed by atoms with E-state index in [-0.39, 0.29) is 18.0 Å². The minimum Gasteiger partial charge on any atom is -0.351 e. The Bertz CT molecular complexity index is 553. The maximum atomic E-state index is 12.1. The highest BCUT2D eigenvalue weighted by molar-refractivity contribution is 6.30. The lowest BCUT2D eigenvalue weighted by Gasteiger charge is -2.17. The quantitative estimate of drug-likeness (QED) is 0.919. The topological polar surface area (TPSA) is 59.8 Å². The Balaban J connectivity index is 1.89. The molecule has 2 atom stereocenters. The maximum Gasteiger partial charge on any atom is 0.244 e. The molecule has 0 aliphatic heterocycles. The number of halogens is 1. The van der Waals surface area contributed by atoms with E-state index >= 15 is 0 Å². The number of hydrogen-bond donors (Lipinski definition) is 1. The molecule has 0 fully saturated rings. The zero-order valence-electron chi connectivity index (χ0n) is 11.5. The average Bonchev–Trinajstić information content (AvgIpc) is 2.94. The van der Waals surface area contributed by atoms with Crippen LogP contribution >= 0.6 is 11.6 Å². The van der Waals surface area contributed by atoms with Crippen LogP contribution in [0.2, 0.25) is 5.02 Å². The molecule has 2 rings (SSSR count). The van der Waals surface area contributed by atoms with Crippen molar-refractivity contribution in [1.29, 1.82) is 0 Å². The smallest absolute Gasteiger partial charge is 0.244 e. The normalized spacial score (nSPS) is 13.8. The first-order valence-corrected chi connectivity index (χ1v) is 6.83. The van der Waals surface area contributed by atoms with Crippen LogP contribution in [0, 0.1) is 0 Å². The molecule has 6 heteroatoms. The van der Waals surface area contributed by atoms with Crippen molar-refractivity contribution in [2.24, 2.45) is 0 Å². The fourth-order valence-electron chi connectivity index (χ4n) is 1.93. The highest BCUT2D eigenvalue weighted by Gasteiger charge is 2.17. The van der Waals surface area contributed by atoms with E-state index < -0.39 is 0 Å². The van der Waals surface area contributed by atoms with Gasteiger partial charge in [0.1, 0.15) is 18.7 Å². The Kier molecular flexibility index (Phi) is 4.74. The second kappa shape index (κ2) is 6.52. The predicted molar refractivity (Wildman–Crippen MR) is 77.5 cm³/mol. The molecule has 2 aromatic rings. The van der Waals surface area contributed by atoms with E-state index in [0.29, 0.717) is 5.02 Å². The summed E-state index contributed by atoms with van der Waals surface area (Å²) in [4.78, 5) is 15.9. The van der Waals surface area contributed by atoms with Gasteiger partial charge in [0.2, 0.25) is 5.91 Å². The molecule has 1 aromatic heterocycles. The summed E-state index contributed by atoms with van der Waals surface area (Å²) in [5.74, 6) is -0.0723. The van der Waals surface area contributed by atoms with Crippen LogP contribution < -0.4 is 5.32 Å². The van der Waals surface area contributed by atoms with Crippen LogP contribution in [0.4, 0.5) is 0 Å². The Morgan fingerprint density at radius 1 is 1.35 bits per heavy atom. The van der Waals surface area contributed by atoms with Crippen LogP contribution in [0.5, 0.6) is 0 Å². The van der Waals surface area contributed by atoms with Gasteiger partial charge >= 0.3 is 0 Å². The molecule has 106 valence electrons. The fourth-order valence-corrected chi connectivity index (χ4v) is 2.05. The molecule has 1 aromatic carbocycles. The first kappa shape index (κ1) is 14.5. The molecule has 0 saturated heterocycles. The fraction of sp³-hybridized carbons (Fsp3) is 0.357. The summed E-state index contributed by atoms with van der Waals surface area (Å²) in [6.07, 6.45) is 3.71. The molecular weight excluding hydrogens is 276 g/mol. The van der Waals surface area contributed by atoms with Gasteiger partial charge in [-0.2, -0.15) is 5.10 Å². The van der Waals surface area contributed by atoms with Gasteiger partial charge in [0.15, 0.2) is 0 Å². The molecule has 1 heterocycles. The summed E-state index contributed by atoms with van der Waals surface area (Å²) < 4.78 is 1.53. The molecule has 0 spiro atoms. The van der Waals surface area contributed by atoms with Gasteiger partial charge in [-0.3, -0.25) is 4.79 Å². The monoisotopic (exact) mass is 292 g/mol. The third-order valence-corrected chi connectivity index (χ3v) is 3.31. The number of rotatable bonds is 5. The zero-order valence-corrected chi connectivity index (χ0v) is 12.2. The summed E-state index contributed by atoms with van der Waals surface area (Å²) in [6, 6.07) is 7.30. The second-order valence-corrected chi connectivity index (χ2v) is 5.23. The first-order chi connectivity index (χ1) is 9.56. The summed E-state index contributed by atoms with van der Waals surface area (Å²) in [5.41, 5.74) is 1.13. The number of benzene rings is 1. The highest BCUT2D eigenvalue weighted by atomic mass is 35.5. The van der Waals surface area contributed by atoms with Crippen LogP contribution in [-0.2, 0) is 11.2 Å². The molecule has 0 radical (unpaired) electrons. The van der Waals surface area contributed by atoms with E-state index in [9.17, 15) is 4.79 Å². The summed E-state index contributed by atoms with van der Waals surface area (Å²) in [6.45, 7) is 3.76. The van der Waals surface area contributed by atoms with Crippen LogP contribution in [0.1, 0.15) is 25.5 Å². The summed E-state index contributed by atoms with van der Waals surface area (Å²) in [5, 5.41) is 7.65. The van der Waals surface area contributed by atoms with Crippen molar-refractivity contribution in [2.45, 2.75) is 32.4 Å². The molecule has 20 heavy (non-hydrogen) atoms. The van der Waals surface area contributed by atoms with Crippen LogP contribution in [-0.4, -0.2) is 26.7 Å². The van der Waals surface area contributed by atoms with Crippen molar-refractivity contribution < 1.29 is 4.79 Å². The van der Waals surface area contributed by atoms with E-state index in [1.54, 1.807) is 6.92 Å². The minimum atomic E-state index is -0.370. The maximum absolute atomic E-state index is 12.1. The number of carbonyl (C=O) groups is 1. The predicted octanol–water partition coefficient (Wildman–Crippen LogP) is 2.24. The van der Waals surface area contributed by atoms with E-state index in [0.717, 1.165) is 12.0 Å². The second-order valence-electron chi connectivity index (χ2n) is 4.79. The summed E-state index contributed by atoms with van der Waals surface area (Å²) in [7, 11) is 0. The van der Waals surface area contributed by atoms with Gasteiger partial charge in [-0.05, 0) is 38.0 Å². The van der Waals surface area contributed by atoms with Gasteiger partial charge in [-0.1, -0.05) is 23.7 Å². The standard InChI is InChI=1S/C14H17ClN4O/c1-10(7-12-3-5-13(15)6-4-12)18-14(20)11(2)19-9-16-8-17-19/h3-6,8-11H,7H2,1-2H3,(H,18,20)/t10-,11-/m1/s1. The highest BCUT2D eigenvalue weighted by Crippen LogP contribution is 2.11. The van der Waals surface area contributed by atoms with Crippen molar-refractivity contribution in [1.82, 2.24) is 20.1 Å². The van der Waals surface area contributed by atoms with Crippen molar-refractivity contribution >= 4 is 17.5 Å². The SMILES string of the molecule is C[C@H](Cc1ccc(Cl)cc1)NC(=O)[C@@H](C)n1cncn1. The lowest BCUT2D eigenvalue weighted by atomic mass is 10.1. The molecule has 0 aliphatic carbocycles. The van der Waals surface area contributed by atoms with Crippen molar-refractivity contribution in [2.75, 3.05) is 0 Å². The first-order valence-electron chi connectivity index (χ1n) is 6.45. The van der Waals surface area contributed by atoms with Gasteiger partial charge in [-0.25, -0.2) is 9.67 Å². The van der Waals surface area contributed by atoms with Crippen molar-refractivity contribution in [3.63, 3.8) is 0 Å². The molecule has 5 nitrogen and oxygen atoms in total. The molecule has 0 aliphatic rings. The lowest BCUT2D eigenvalue weighted by molar-refractivity contribution is -0.124. The number of nitrogens with zero attached hydrogens (tertiary/aromatic N) is 3. The van der Waals surface area contributed by atoms with E-state index in [1.165, 1.54) is 17.3 Å². The number of aromatic nitrogens is 3. The van der Waals surface area contributed by atoms with Gasteiger partial charge in [0.25, 0.3) is 0 Å². The van der Waals surface area contributed by atoms with Crippen molar-refractivity contribution in [3.8, 4) is 0 Å². The molecule has 1 amide bonds. The van der Waals surface area contributed by atoms with E-state index in [4.69, 9.17) is 11.6 Å². The molecular formula is C14H17ClN4O. The largest absolute Gasteiger partial charge is 0.351 e. The number of carbonyl (C=O) groups excluding carboxylic acids is 1. The summed E-state index contributed by atoms with van der Waals surface area (Å²) >= 11 is 5.85. The minimum absolute atomic E-state index is 0.0367. The van der Waals surface area contributed by atoms with Gasteiger partial charge in [-0.15, -0.1) is 0 Å². The van der Waals surface area contributed by atoms with Gasteiger partial charge < -0.3 is 5.32 Å². The molecule has 0 bridgehead atoms. The number of amides is 1. The third-order valence-electron chi connectivity index (χ3n) is 3.06. The Hall–Kier alpha value is -1.88. The Labute approximate surface area is 123 Å². The van der Waals surface area contributed by atoms with Crippen LogP contribution in [0.25, 0.3) is 0 Å². The van der Waals surface area contributed by atoms with Gasteiger partial charge in [0, 0.05) is 11.1 Å². The Morgan fingerprint density at radius 2 is 2.05 bits per heavy atom. The van der Waals surface area contributed by atoms with E-state index in [1.807, 2.05) is 31.2 Å². The molecule has 0 saturated carbocycles. The number of hydrogen-bond acceptors (Lipinski definition) is 3. The molecule has 1 N–H and O–H groups in total. The van der Waals surface area contributed by atoms with Crippen LogP contribution in [0.3, 0.4) is 0 Å². The zero-order chi connectivity index (χ0) is 14.5. The lowest BCUT2D eigenvalue weighted by Crippen LogP contribution is -2.38. The average molecular weight is 293 g/mol.